The van der Waals surface area contributed by atoms with E-state index in [1.807, 2.05) is 31.3 Å². The molecule has 1 aliphatic heterocycles. The smallest absolute Gasteiger partial charge is 0.317 e. The number of urea groups is 1. The summed E-state index contributed by atoms with van der Waals surface area (Å²) < 4.78 is 10.6. The molecule has 1 heterocycles. The van der Waals surface area contributed by atoms with Gasteiger partial charge in [0.2, 0.25) is 0 Å². The van der Waals surface area contributed by atoms with Crippen molar-refractivity contribution in [2.24, 2.45) is 5.92 Å². The van der Waals surface area contributed by atoms with Crippen molar-refractivity contribution >= 4 is 6.03 Å². The van der Waals surface area contributed by atoms with Crippen LogP contribution in [0.5, 0.6) is 5.75 Å². The first-order valence-corrected chi connectivity index (χ1v) is 8.37. The van der Waals surface area contributed by atoms with Gasteiger partial charge in [-0.1, -0.05) is 19.1 Å². The molecule has 5 nitrogen and oxygen atoms in total. The molecule has 128 valence electrons. The molecule has 2 amide bonds. The summed E-state index contributed by atoms with van der Waals surface area (Å²) in [7, 11) is 3.52. The van der Waals surface area contributed by atoms with Crippen LogP contribution in [-0.4, -0.2) is 44.8 Å². The van der Waals surface area contributed by atoms with E-state index < -0.39 is 0 Å². The van der Waals surface area contributed by atoms with E-state index in [1.165, 1.54) is 0 Å². The van der Waals surface area contributed by atoms with Crippen molar-refractivity contribution < 1.29 is 14.3 Å². The molecule has 0 saturated carbocycles. The number of hydrogen-bond acceptors (Lipinski definition) is 3. The molecule has 1 aromatic carbocycles. The average molecular weight is 320 g/mol. The molecule has 1 aliphatic rings. The number of benzene rings is 1. The van der Waals surface area contributed by atoms with E-state index in [-0.39, 0.29) is 12.1 Å². The minimum atomic E-state index is -0.0147. The summed E-state index contributed by atoms with van der Waals surface area (Å²) in [5.74, 6) is 1.37. The Morgan fingerprint density at radius 2 is 2.00 bits per heavy atom. The first kappa shape index (κ1) is 17.6. The fraction of sp³-hybridized carbons (Fsp3) is 0.611. The van der Waals surface area contributed by atoms with Gasteiger partial charge in [-0.25, -0.2) is 4.79 Å². The quantitative estimate of drug-likeness (QED) is 0.875. The van der Waals surface area contributed by atoms with Gasteiger partial charge in [-0.15, -0.1) is 0 Å². The van der Waals surface area contributed by atoms with Crippen LogP contribution >= 0.6 is 0 Å². The number of rotatable bonds is 6. The van der Waals surface area contributed by atoms with E-state index in [1.54, 1.807) is 12.0 Å². The van der Waals surface area contributed by atoms with Crippen LogP contribution in [-0.2, 0) is 4.74 Å². The maximum atomic E-state index is 12.4. The molecule has 23 heavy (non-hydrogen) atoms. The Labute approximate surface area is 139 Å². The molecular formula is C18H28N2O3. The second kappa shape index (κ2) is 8.77. The fourth-order valence-corrected chi connectivity index (χ4v) is 2.92. The summed E-state index contributed by atoms with van der Waals surface area (Å²) in [5.41, 5.74) is 1.10. The lowest BCUT2D eigenvalue weighted by Gasteiger charge is -2.28. The number of methoxy groups -OCH3 is 1. The molecule has 0 aromatic heterocycles. The topological polar surface area (TPSA) is 50.8 Å². The molecule has 1 saturated heterocycles. The number of ether oxygens (including phenoxy) is 2. The maximum Gasteiger partial charge on any atom is 0.317 e. The van der Waals surface area contributed by atoms with Gasteiger partial charge >= 0.3 is 6.03 Å². The second-order valence-electron chi connectivity index (χ2n) is 6.12. The van der Waals surface area contributed by atoms with E-state index in [4.69, 9.17) is 9.47 Å². The van der Waals surface area contributed by atoms with Crippen LogP contribution in [0.2, 0.25) is 0 Å². The Bertz CT molecular complexity index is 484. The minimum absolute atomic E-state index is 0.0147. The van der Waals surface area contributed by atoms with Crippen molar-refractivity contribution in [3.05, 3.63) is 29.8 Å². The summed E-state index contributed by atoms with van der Waals surface area (Å²) in [6.07, 6.45) is 2.92. The Hall–Kier alpha value is -1.75. The average Bonchev–Trinajstić information content (AvgIpc) is 2.60. The third kappa shape index (κ3) is 5.13. The standard InChI is InChI=1S/C18H28N2O3/c1-4-17(15-5-7-16(22-3)8-6-15)19-18(21)20(2)13-14-9-11-23-12-10-14/h5-8,14,17H,4,9-13H2,1-3H3,(H,19,21)/t17-/m0/s1. The Morgan fingerprint density at radius 3 is 2.57 bits per heavy atom. The third-order valence-corrected chi connectivity index (χ3v) is 4.44. The summed E-state index contributed by atoms with van der Waals surface area (Å²) in [6.45, 7) is 4.48. The van der Waals surface area contributed by atoms with Crippen LogP contribution in [0, 0.1) is 5.92 Å². The summed E-state index contributed by atoms with van der Waals surface area (Å²) >= 11 is 0. The van der Waals surface area contributed by atoms with Gasteiger partial charge in [0, 0.05) is 26.8 Å². The number of carbonyl (C=O) groups excluding carboxylic acids is 1. The number of nitrogens with one attached hydrogen (secondary N) is 1. The Balaban J connectivity index is 1.89. The highest BCUT2D eigenvalue weighted by molar-refractivity contribution is 5.74. The van der Waals surface area contributed by atoms with Crippen LogP contribution in [0.3, 0.4) is 0 Å². The lowest BCUT2D eigenvalue weighted by molar-refractivity contribution is 0.0585. The zero-order chi connectivity index (χ0) is 16.7. The van der Waals surface area contributed by atoms with Gasteiger partial charge in [0.05, 0.1) is 13.2 Å². The van der Waals surface area contributed by atoms with Crippen molar-refractivity contribution in [3.63, 3.8) is 0 Å². The molecular weight excluding hydrogens is 292 g/mol. The zero-order valence-corrected chi connectivity index (χ0v) is 14.4. The van der Waals surface area contributed by atoms with E-state index in [9.17, 15) is 4.79 Å². The van der Waals surface area contributed by atoms with Crippen LogP contribution in [0.25, 0.3) is 0 Å². The van der Waals surface area contributed by atoms with Crippen LogP contribution in [0.4, 0.5) is 4.79 Å². The zero-order valence-electron chi connectivity index (χ0n) is 14.4. The molecule has 1 fully saturated rings. The first-order valence-electron chi connectivity index (χ1n) is 8.37. The van der Waals surface area contributed by atoms with Gasteiger partial charge < -0.3 is 19.7 Å². The molecule has 0 spiro atoms. The lowest BCUT2D eigenvalue weighted by Crippen LogP contribution is -2.42. The van der Waals surface area contributed by atoms with Crippen molar-refractivity contribution in [2.45, 2.75) is 32.2 Å². The Morgan fingerprint density at radius 1 is 1.35 bits per heavy atom. The van der Waals surface area contributed by atoms with Crippen LogP contribution < -0.4 is 10.1 Å². The van der Waals surface area contributed by atoms with Crippen molar-refractivity contribution in [3.8, 4) is 5.75 Å². The van der Waals surface area contributed by atoms with E-state index >= 15 is 0 Å². The van der Waals surface area contributed by atoms with Crippen molar-refractivity contribution in [2.75, 3.05) is 33.9 Å². The molecule has 0 bridgehead atoms. The van der Waals surface area contributed by atoms with Crippen LogP contribution in [0.1, 0.15) is 37.8 Å². The molecule has 5 heteroatoms. The molecule has 2 rings (SSSR count). The maximum absolute atomic E-state index is 12.4. The van der Waals surface area contributed by atoms with E-state index in [0.29, 0.717) is 5.92 Å². The van der Waals surface area contributed by atoms with Gasteiger partial charge in [-0.05, 0) is 42.9 Å². The first-order chi connectivity index (χ1) is 11.1. The van der Waals surface area contributed by atoms with Gasteiger partial charge in [0.25, 0.3) is 0 Å². The second-order valence-corrected chi connectivity index (χ2v) is 6.12. The molecule has 0 aliphatic carbocycles. The van der Waals surface area contributed by atoms with Gasteiger partial charge in [-0.3, -0.25) is 0 Å². The van der Waals surface area contributed by atoms with Crippen LogP contribution in [0.15, 0.2) is 24.3 Å². The third-order valence-electron chi connectivity index (χ3n) is 4.44. The highest BCUT2D eigenvalue weighted by Crippen LogP contribution is 2.21. The summed E-state index contributed by atoms with van der Waals surface area (Å²) in [4.78, 5) is 14.2. The molecule has 0 unspecified atom stereocenters. The molecule has 1 atom stereocenters. The predicted octanol–water partition coefficient (Wildman–Crippen LogP) is 3.21. The van der Waals surface area contributed by atoms with Gasteiger partial charge in [0.15, 0.2) is 0 Å². The summed E-state index contributed by atoms with van der Waals surface area (Å²) in [6, 6.07) is 7.87. The molecule has 1 aromatic rings. The fourth-order valence-electron chi connectivity index (χ4n) is 2.92. The van der Waals surface area contributed by atoms with Gasteiger partial charge in [0.1, 0.15) is 5.75 Å². The number of nitrogens with zero attached hydrogens (tertiary/aromatic N) is 1. The normalized spacial score (nSPS) is 16.7. The minimum Gasteiger partial charge on any atom is -0.497 e. The van der Waals surface area contributed by atoms with Crippen molar-refractivity contribution in [1.82, 2.24) is 10.2 Å². The molecule has 0 radical (unpaired) electrons. The number of hydrogen-bond donors (Lipinski definition) is 1. The monoisotopic (exact) mass is 320 g/mol. The van der Waals surface area contributed by atoms with E-state index in [2.05, 4.69) is 12.2 Å². The number of amides is 2. The Kier molecular flexibility index (Phi) is 6.71. The lowest BCUT2D eigenvalue weighted by atomic mass is 10.00. The number of carbonyl (C=O) groups is 1. The van der Waals surface area contributed by atoms with E-state index in [0.717, 1.165) is 50.3 Å². The highest BCUT2D eigenvalue weighted by atomic mass is 16.5. The largest absolute Gasteiger partial charge is 0.497 e. The summed E-state index contributed by atoms with van der Waals surface area (Å²) in [5, 5.41) is 3.12. The molecule has 1 N–H and O–H groups in total. The van der Waals surface area contributed by atoms with Gasteiger partial charge in [-0.2, -0.15) is 0 Å². The SMILES string of the molecule is CC[C@H](NC(=O)N(C)CC1CCOCC1)c1ccc(OC)cc1. The highest BCUT2D eigenvalue weighted by Gasteiger charge is 2.20. The predicted molar refractivity (Wildman–Crippen MR) is 90.7 cm³/mol. The van der Waals surface area contributed by atoms with Crippen molar-refractivity contribution in [1.29, 1.82) is 0 Å².